The van der Waals surface area contributed by atoms with Crippen molar-refractivity contribution in [3.05, 3.63) is 33.1 Å². The maximum Gasteiger partial charge on any atom is 0.331 e. The van der Waals surface area contributed by atoms with E-state index in [9.17, 15) is 9.59 Å². The van der Waals surface area contributed by atoms with Gasteiger partial charge in [0.25, 0.3) is 5.56 Å². The second kappa shape index (κ2) is 8.66. The van der Waals surface area contributed by atoms with Crippen LogP contribution in [0.1, 0.15) is 19.8 Å². The molecule has 1 aromatic rings. The average Bonchev–Trinajstić information content (AvgIpc) is 2.40. The van der Waals surface area contributed by atoms with Crippen molar-refractivity contribution in [2.24, 2.45) is 0 Å². The molecule has 0 saturated carbocycles. The molecule has 0 amide bonds. The number of nitrogens with zero attached hydrogens (tertiary/aromatic N) is 2. The Labute approximate surface area is 113 Å². The molecule has 1 aromatic heterocycles. The van der Waals surface area contributed by atoms with Gasteiger partial charge in [-0.05, 0) is 19.4 Å². The highest BCUT2D eigenvalue weighted by molar-refractivity contribution is 4.86. The van der Waals surface area contributed by atoms with Gasteiger partial charge in [-0.15, -0.1) is 0 Å². The lowest BCUT2D eigenvalue weighted by Gasteiger charge is -2.09. The molecule has 0 aromatic carbocycles. The summed E-state index contributed by atoms with van der Waals surface area (Å²) in [6.45, 7) is 5.17. The first kappa shape index (κ1) is 15.7. The molecule has 1 heterocycles. The fourth-order valence-corrected chi connectivity index (χ4v) is 1.83. The molecule has 0 radical (unpaired) electrons. The molecule has 0 fully saturated rings. The fourth-order valence-electron chi connectivity index (χ4n) is 1.83. The molecule has 0 aliphatic heterocycles. The minimum absolute atomic E-state index is 0.229. The SMILES string of the molecule is CCCn1ccc(=O)n(CCNCCCOC)c1=O. The third kappa shape index (κ3) is 5.00. The Morgan fingerprint density at radius 2 is 2.05 bits per heavy atom. The Balaban J connectivity index is 2.55. The highest BCUT2D eigenvalue weighted by Crippen LogP contribution is 1.84. The molecule has 0 aliphatic carbocycles. The molecule has 19 heavy (non-hydrogen) atoms. The van der Waals surface area contributed by atoms with Crippen molar-refractivity contribution < 1.29 is 4.74 Å². The van der Waals surface area contributed by atoms with Crippen LogP contribution >= 0.6 is 0 Å². The quantitative estimate of drug-likeness (QED) is 0.643. The number of nitrogens with one attached hydrogen (secondary N) is 1. The first-order valence-corrected chi connectivity index (χ1v) is 6.70. The number of methoxy groups -OCH3 is 1. The van der Waals surface area contributed by atoms with Crippen LogP contribution in [0, 0.1) is 0 Å². The smallest absolute Gasteiger partial charge is 0.331 e. The highest BCUT2D eigenvalue weighted by Gasteiger charge is 2.03. The maximum absolute atomic E-state index is 12.0. The Hall–Kier alpha value is -1.40. The van der Waals surface area contributed by atoms with Crippen LogP contribution in [0.15, 0.2) is 21.9 Å². The van der Waals surface area contributed by atoms with Crippen molar-refractivity contribution in [3.63, 3.8) is 0 Å². The molecule has 0 saturated heterocycles. The minimum Gasteiger partial charge on any atom is -0.385 e. The van der Waals surface area contributed by atoms with Crippen LogP contribution in [-0.2, 0) is 17.8 Å². The Bertz CT molecular complexity index is 479. The molecular weight excluding hydrogens is 246 g/mol. The van der Waals surface area contributed by atoms with E-state index >= 15 is 0 Å². The van der Waals surface area contributed by atoms with Gasteiger partial charge in [0, 0.05) is 45.6 Å². The van der Waals surface area contributed by atoms with Crippen molar-refractivity contribution in [3.8, 4) is 0 Å². The molecule has 6 nitrogen and oxygen atoms in total. The maximum atomic E-state index is 12.0. The van der Waals surface area contributed by atoms with Crippen molar-refractivity contribution in [2.75, 3.05) is 26.8 Å². The summed E-state index contributed by atoms with van der Waals surface area (Å²) in [5.74, 6) is 0. The van der Waals surface area contributed by atoms with Gasteiger partial charge in [-0.1, -0.05) is 6.92 Å². The van der Waals surface area contributed by atoms with Gasteiger partial charge in [-0.2, -0.15) is 0 Å². The van der Waals surface area contributed by atoms with Gasteiger partial charge in [0.05, 0.1) is 0 Å². The first-order chi connectivity index (χ1) is 9.20. The number of aryl methyl sites for hydroxylation is 1. The van der Waals surface area contributed by atoms with E-state index in [0.29, 0.717) is 26.2 Å². The molecule has 1 N–H and O–H groups in total. The third-order valence-electron chi connectivity index (χ3n) is 2.82. The molecular formula is C13H23N3O3. The monoisotopic (exact) mass is 269 g/mol. The van der Waals surface area contributed by atoms with E-state index in [1.165, 1.54) is 10.6 Å². The molecule has 0 spiro atoms. The van der Waals surface area contributed by atoms with E-state index in [-0.39, 0.29) is 11.2 Å². The van der Waals surface area contributed by atoms with E-state index < -0.39 is 0 Å². The lowest BCUT2D eigenvalue weighted by Crippen LogP contribution is -2.41. The fraction of sp³-hybridized carbons (Fsp3) is 0.692. The predicted octanol–water partition coefficient (Wildman–Crippen LogP) is 0.0461. The molecule has 1 rings (SSSR count). The van der Waals surface area contributed by atoms with Gasteiger partial charge in [0.2, 0.25) is 0 Å². The lowest BCUT2D eigenvalue weighted by atomic mass is 10.4. The highest BCUT2D eigenvalue weighted by atomic mass is 16.5. The van der Waals surface area contributed by atoms with Crippen LogP contribution in [0.5, 0.6) is 0 Å². The number of hydrogen-bond acceptors (Lipinski definition) is 4. The summed E-state index contributed by atoms with van der Waals surface area (Å²) < 4.78 is 7.79. The van der Waals surface area contributed by atoms with Crippen LogP contribution in [0.2, 0.25) is 0 Å². The summed E-state index contributed by atoms with van der Waals surface area (Å²) in [6.07, 6.45) is 3.35. The van der Waals surface area contributed by atoms with Crippen molar-refractivity contribution in [1.82, 2.24) is 14.5 Å². The molecule has 0 bridgehead atoms. The zero-order valence-electron chi connectivity index (χ0n) is 11.7. The summed E-state index contributed by atoms with van der Waals surface area (Å²) in [7, 11) is 1.67. The summed E-state index contributed by atoms with van der Waals surface area (Å²) in [5, 5.41) is 3.19. The topological polar surface area (TPSA) is 65.3 Å². The number of hydrogen-bond donors (Lipinski definition) is 1. The zero-order chi connectivity index (χ0) is 14.1. The Morgan fingerprint density at radius 1 is 1.26 bits per heavy atom. The molecule has 6 heteroatoms. The van der Waals surface area contributed by atoms with Crippen molar-refractivity contribution in [1.29, 1.82) is 0 Å². The van der Waals surface area contributed by atoms with Crippen molar-refractivity contribution in [2.45, 2.75) is 32.9 Å². The summed E-state index contributed by atoms with van der Waals surface area (Å²) in [4.78, 5) is 23.7. The van der Waals surface area contributed by atoms with Gasteiger partial charge in [0.15, 0.2) is 0 Å². The lowest BCUT2D eigenvalue weighted by molar-refractivity contribution is 0.194. The van der Waals surface area contributed by atoms with Gasteiger partial charge in [-0.25, -0.2) is 4.79 Å². The normalized spacial score (nSPS) is 10.8. The third-order valence-corrected chi connectivity index (χ3v) is 2.82. The van der Waals surface area contributed by atoms with E-state index in [0.717, 1.165) is 19.4 Å². The standard InChI is InChI=1S/C13H23N3O3/c1-3-8-15-9-5-12(17)16(13(15)18)10-7-14-6-4-11-19-2/h5,9,14H,3-4,6-8,10-11H2,1-2H3. The van der Waals surface area contributed by atoms with Crippen LogP contribution in [-0.4, -0.2) is 35.9 Å². The van der Waals surface area contributed by atoms with E-state index in [2.05, 4.69) is 5.32 Å². The predicted molar refractivity (Wildman–Crippen MR) is 74.6 cm³/mol. The van der Waals surface area contributed by atoms with E-state index in [4.69, 9.17) is 4.74 Å². The zero-order valence-corrected chi connectivity index (χ0v) is 11.7. The average molecular weight is 269 g/mol. The summed E-state index contributed by atoms with van der Waals surface area (Å²) >= 11 is 0. The molecule has 0 aliphatic rings. The van der Waals surface area contributed by atoms with E-state index in [1.807, 2.05) is 6.92 Å². The van der Waals surface area contributed by atoms with Crippen molar-refractivity contribution >= 4 is 0 Å². The summed E-state index contributed by atoms with van der Waals surface area (Å²) in [6, 6.07) is 1.45. The Morgan fingerprint density at radius 3 is 2.74 bits per heavy atom. The molecule has 0 unspecified atom stereocenters. The van der Waals surface area contributed by atoms with Gasteiger partial charge in [0.1, 0.15) is 0 Å². The van der Waals surface area contributed by atoms with Gasteiger partial charge >= 0.3 is 5.69 Å². The second-order valence-electron chi connectivity index (χ2n) is 4.38. The summed E-state index contributed by atoms with van der Waals surface area (Å²) in [5.41, 5.74) is -0.468. The van der Waals surface area contributed by atoms with Crippen LogP contribution in [0.25, 0.3) is 0 Å². The largest absolute Gasteiger partial charge is 0.385 e. The van der Waals surface area contributed by atoms with E-state index in [1.54, 1.807) is 17.9 Å². The molecule has 108 valence electrons. The Kier molecular flexibility index (Phi) is 7.14. The van der Waals surface area contributed by atoms with Gasteiger partial charge < -0.3 is 14.6 Å². The number of rotatable bonds is 9. The van der Waals surface area contributed by atoms with Crippen LogP contribution < -0.4 is 16.6 Å². The first-order valence-electron chi connectivity index (χ1n) is 6.70. The number of aromatic nitrogens is 2. The number of ether oxygens (including phenoxy) is 1. The molecule has 0 atom stereocenters. The minimum atomic E-state index is -0.240. The van der Waals surface area contributed by atoms with Crippen LogP contribution in [0.4, 0.5) is 0 Å². The van der Waals surface area contributed by atoms with Gasteiger partial charge in [-0.3, -0.25) is 9.36 Å². The second-order valence-corrected chi connectivity index (χ2v) is 4.38. The van der Waals surface area contributed by atoms with Crippen LogP contribution in [0.3, 0.4) is 0 Å².